The van der Waals surface area contributed by atoms with E-state index in [2.05, 4.69) is 27.3 Å². The Morgan fingerprint density at radius 1 is 1.27 bits per heavy atom. The average molecular weight is 455 g/mol. The number of amides is 2. The predicted molar refractivity (Wildman–Crippen MR) is 123 cm³/mol. The van der Waals surface area contributed by atoms with E-state index in [0.717, 1.165) is 26.2 Å². The Kier molecular flexibility index (Phi) is 6.83. The van der Waals surface area contributed by atoms with Crippen LogP contribution in [0.4, 0.5) is 14.9 Å². The van der Waals surface area contributed by atoms with Crippen molar-refractivity contribution in [2.24, 2.45) is 5.10 Å². The number of cyclic esters (lactones) is 1. The van der Waals surface area contributed by atoms with Crippen molar-refractivity contribution in [2.45, 2.75) is 13.0 Å². The van der Waals surface area contributed by atoms with Gasteiger partial charge in [0, 0.05) is 50.4 Å². The number of hydrogen-bond donors (Lipinski definition) is 1. The topological polar surface area (TPSA) is 90.4 Å². The van der Waals surface area contributed by atoms with Crippen molar-refractivity contribution in [1.29, 1.82) is 0 Å². The molecule has 2 saturated heterocycles. The zero-order chi connectivity index (χ0) is 23.4. The Morgan fingerprint density at radius 2 is 2.06 bits per heavy atom. The van der Waals surface area contributed by atoms with Gasteiger partial charge < -0.3 is 15.0 Å². The zero-order valence-electron chi connectivity index (χ0n) is 18.7. The maximum absolute atomic E-state index is 14.9. The van der Waals surface area contributed by atoms with Crippen LogP contribution in [0.15, 0.2) is 41.6 Å². The lowest BCUT2D eigenvalue weighted by Gasteiger charge is -2.30. The molecular weight excluding hydrogens is 427 g/mol. The first-order chi connectivity index (χ1) is 15.9. The zero-order valence-corrected chi connectivity index (χ0v) is 18.7. The number of hydrazone groups is 1. The van der Waals surface area contributed by atoms with Crippen LogP contribution in [0.25, 0.3) is 11.1 Å². The highest BCUT2D eigenvalue weighted by molar-refractivity contribution is 5.90. The van der Waals surface area contributed by atoms with Gasteiger partial charge in [0.1, 0.15) is 11.9 Å². The summed E-state index contributed by atoms with van der Waals surface area (Å²) in [7, 11) is 2.09. The van der Waals surface area contributed by atoms with E-state index < -0.39 is 18.0 Å². The molecule has 2 amide bonds. The number of likely N-dealkylation sites (N-methyl/N-ethyl adjacent to an activating group) is 1. The molecule has 4 rings (SSSR count). The Bertz CT molecular complexity index is 1040. The molecule has 0 bridgehead atoms. The lowest BCUT2D eigenvalue weighted by atomic mass is 10.1. The van der Waals surface area contributed by atoms with E-state index in [9.17, 15) is 14.0 Å². The molecule has 0 saturated carbocycles. The average Bonchev–Trinajstić information content (AvgIpc) is 3.18. The van der Waals surface area contributed by atoms with Crippen LogP contribution in [-0.2, 0) is 9.53 Å². The highest BCUT2D eigenvalue weighted by Crippen LogP contribution is 2.28. The number of nitrogens with zero attached hydrogens (tertiary/aromatic N) is 5. The van der Waals surface area contributed by atoms with Crippen LogP contribution in [0.1, 0.15) is 12.6 Å². The Hall–Kier alpha value is -3.53. The van der Waals surface area contributed by atoms with Gasteiger partial charge in [-0.1, -0.05) is 6.07 Å². The van der Waals surface area contributed by atoms with Crippen molar-refractivity contribution in [1.82, 2.24) is 20.2 Å². The van der Waals surface area contributed by atoms with Gasteiger partial charge in [0.05, 0.1) is 30.7 Å². The maximum Gasteiger partial charge on any atom is 0.414 e. The van der Waals surface area contributed by atoms with Gasteiger partial charge >= 0.3 is 6.09 Å². The maximum atomic E-state index is 14.9. The fourth-order valence-electron chi connectivity index (χ4n) is 3.70. The largest absolute Gasteiger partial charge is 0.442 e. The lowest BCUT2D eigenvalue weighted by molar-refractivity contribution is -0.119. The summed E-state index contributed by atoms with van der Waals surface area (Å²) < 4.78 is 20.1. The Morgan fingerprint density at radius 3 is 2.73 bits per heavy atom. The molecule has 0 spiro atoms. The van der Waals surface area contributed by atoms with Gasteiger partial charge in [-0.25, -0.2) is 9.18 Å². The fourth-order valence-corrected chi connectivity index (χ4v) is 3.70. The number of halogens is 1. The number of anilines is 1. The summed E-state index contributed by atoms with van der Waals surface area (Å²) >= 11 is 0. The molecule has 1 atom stereocenters. The lowest BCUT2D eigenvalue weighted by Crippen LogP contribution is -2.41. The molecule has 2 aromatic rings. The van der Waals surface area contributed by atoms with Crippen molar-refractivity contribution < 1.29 is 18.7 Å². The van der Waals surface area contributed by atoms with E-state index in [1.165, 1.54) is 17.9 Å². The van der Waals surface area contributed by atoms with Gasteiger partial charge in [-0.05, 0) is 31.3 Å². The third-order valence-corrected chi connectivity index (χ3v) is 5.65. The summed E-state index contributed by atoms with van der Waals surface area (Å²) in [6.45, 7) is 5.55. The van der Waals surface area contributed by atoms with Gasteiger partial charge in [0.2, 0.25) is 5.91 Å². The highest BCUT2D eigenvalue weighted by Gasteiger charge is 2.32. The molecule has 2 aliphatic heterocycles. The molecular formula is C23H27FN6O3. The second kappa shape index (κ2) is 9.95. The Balaban J connectivity index is 1.41. The molecule has 174 valence electrons. The minimum absolute atomic E-state index is 0.204. The minimum atomic E-state index is -0.567. The van der Waals surface area contributed by atoms with E-state index >= 15 is 0 Å². The molecule has 2 fully saturated rings. The summed E-state index contributed by atoms with van der Waals surface area (Å²) in [5.41, 5.74) is 2.11. The first-order valence-electron chi connectivity index (χ1n) is 10.8. The summed E-state index contributed by atoms with van der Waals surface area (Å²) in [6, 6.07) is 8.19. The molecule has 10 heteroatoms. The number of aromatic nitrogens is 1. The standard InChI is InChI=1S/C23H27FN6O3/c1-16(31)25-14-20-15-30(23(32)33-20)19-5-6-21(22(24)11-19)17-3-4-18(26-12-17)13-27-29-9-7-28(2)8-10-29/h3-6,11-13,20H,7-10,14-15H2,1-2H3,(H,25,31)/b27-13+/t20-/m0/s1. The molecule has 0 unspecified atom stereocenters. The molecule has 1 aromatic heterocycles. The molecule has 0 radical (unpaired) electrons. The molecule has 33 heavy (non-hydrogen) atoms. The van der Waals surface area contributed by atoms with Gasteiger partial charge in [0.15, 0.2) is 0 Å². The van der Waals surface area contributed by atoms with Gasteiger partial charge in [-0.15, -0.1) is 0 Å². The molecule has 1 N–H and O–H groups in total. The quantitative estimate of drug-likeness (QED) is 0.671. The predicted octanol–water partition coefficient (Wildman–Crippen LogP) is 1.93. The van der Waals surface area contributed by atoms with E-state index in [1.54, 1.807) is 36.7 Å². The second-order valence-corrected chi connectivity index (χ2v) is 8.19. The summed E-state index contributed by atoms with van der Waals surface area (Å²) in [4.78, 5) is 31.2. The molecule has 9 nitrogen and oxygen atoms in total. The first kappa shape index (κ1) is 22.7. The monoisotopic (exact) mass is 454 g/mol. The molecule has 1 aromatic carbocycles. The number of hydrogen-bond acceptors (Lipinski definition) is 7. The number of ether oxygens (including phenoxy) is 1. The van der Waals surface area contributed by atoms with Gasteiger partial charge in [-0.3, -0.25) is 19.7 Å². The van der Waals surface area contributed by atoms with E-state index in [4.69, 9.17) is 4.74 Å². The van der Waals surface area contributed by atoms with Crippen LogP contribution in [0.2, 0.25) is 0 Å². The number of nitrogens with one attached hydrogen (secondary N) is 1. The van der Waals surface area contributed by atoms with Crippen molar-refractivity contribution in [3.05, 3.63) is 48.0 Å². The number of carbonyl (C=O) groups excluding carboxylic acids is 2. The van der Waals surface area contributed by atoms with Crippen LogP contribution in [-0.4, -0.2) is 85.5 Å². The van der Waals surface area contributed by atoms with E-state index in [-0.39, 0.29) is 19.0 Å². The number of pyridine rings is 1. The van der Waals surface area contributed by atoms with Crippen LogP contribution >= 0.6 is 0 Å². The molecule has 3 heterocycles. The number of piperazine rings is 1. The number of benzene rings is 1. The van der Waals surface area contributed by atoms with E-state index in [1.807, 2.05) is 5.01 Å². The third-order valence-electron chi connectivity index (χ3n) is 5.65. The second-order valence-electron chi connectivity index (χ2n) is 8.19. The van der Waals surface area contributed by atoms with Crippen molar-refractivity contribution in [2.75, 3.05) is 51.2 Å². The fraction of sp³-hybridized carbons (Fsp3) is 0.391. The molecule has 0 aliphatic carbocycles. The summed E-state index contributed by atoms with van der Waals surface area (Å²) in [5, 5.41) is 9.10. The van der Waals surface area contributed by atoms with Crippen molar-refractivity contribution >= 4 is 23.9 Å². The Labute approximate surface area is 191 Å². The summed E-state index contributed by atoms with van der Waals surface area (Å²) in [6.07, 6.45) is 2.28. The smallest absolute Gasteiger partial charge is 0.414 e. The third kappa shape index (κ3) is 5.64. The van der Waals surface area contributed by atoms with Gasteiger partial charge in [0.25, 0.3) is 0 Å². The SMILES string of the molecule is CC(=O)NC[C@H]1CN(c2ccc(-c3ccc(/C=N/N4CCN(C)CC4)nc3)c(F)c2)C(=O)O1. The minimum Gasteiger partial charge on any atom is -0.442 e. The number of carbonyl (C=O) groups is 2. The van der Waals surface area contributed by atoms with Crippen molar-refractivity contribution in [3.8, 4) is 11.1 Å². The first-order valence-corrected chi connectivity index (χ1v) is 10.8. The molecule has 2 aliphatic rings. The van der Waals surface area contributed by atoms with Crippen LogP contribution in [0.3, 0.4) is 0 Å². The van der Waals surface area contributed by atoms with Crippen LogP contribution in [0, 0.1) is 5.82 Å². The summed E-state index contributed by atoms with van der Waals surface area (Å²) in [5.74, 6) is -0.670. The van der Waals surface area contributed by atoms with Gasteiger partial charge in [-0.2, -0.15) is 5.10 Å². The van der Waals surface area contributed by atoms with Crippen LogP contribution in [0.5, 0.6) is 0 Å². The van der Waals surface area contributed by atoms with E-state index in [0.29, 0.717) is 22.5 Å². The van der Waals surface area contributed by atoms with Crippen molar-refractivity contribution in [3.63, 3.8) is 0 Å². The normalized spacial score (nSPS) is 19.2. The van der Waals surface area contributed by atoms with Crippen LogP contribution < -0.4 is 10.2 Å². The highest BCUT2D eigenvalue weighted by atomic mass is 19.1. The number of rotatable bonds is 6.